The summed E-state index contributed by atoms with van der Waals surface area (Å²) in [7, 11) is 2.17. The van der Waals surface area contributed by atoms with Gasteiger partial charge in [-0.2, -0.15) is 5.10 Å². The van der Waals surface area contributed by atoms with Gasteiger partial charge < -0.3 is 15.5 Å². The van der Waals surface area contributed by atoms with Gasteiger partial charge >= 0.3 is 0 Å². The summed E-state index contributed by atoms with van der Waals surface area (Å²) in [5, 5.41) is 8.64. The molecule has 1 heterocycles. The number of nitrogens with zero attached hydrogens (tertiary/aromatic N) is 4. The maximum absolute atomic E-state index is 5.91. The van der Waals surface area contributed by atoms with E-state index >= 15 is 0 Å². The topological polar surface area (TPSA) is 57.2 Å². The predicted molar refractivity (Wildman–Crippen MR) is 113 cm³/mol. The minimum Gasteiger partial charge on any atom is -0.377 e. The van der Waals surface area contributed by atoms with Gasteiger partial charge in [-0.15, -0.1) is 5.10 Å². The fourth-order valence-electron chi connectivity index (χ4n) is 2.75. The van der Waals surface area contributed by atoms with Crippen LogP contribution in [-0.2, 0) is 5.75 Å². The Bertz CT molecular complexity index is 735. The molecule has 26 heavy (non-hydrogen) atoms. The monoisotopic (exact) mass is 367 g/mol. The van der Waals surface area contributed by atoms with Crippen LogP contribution in [0.3, 0.4) is 0 Å². The summed E-state index contributed by atoms with van der Waals surface area (Å²) in [4.78, 5) is 4.77. The number of benzene rings is 2. The Morgan fingerprint density at radius 1 is 1.04 bits per heavy atom. The van der Waals surface area contributed by atoms with E-state index in [4.69, 9.17) is 5.73 Å². The van der Waals surface area contributed by atoms with Crippen molar-refractivity contribution in [2.75, 3.05) is 38.1 Å². The molecule has 6 heteroatoms. The molecule has 136 valence electrons. The van der Waals surface area contributed by atoms with E-state index < -0.39 is 0 Å². The van der Waals surface area contributed by atoms with Crippen molar-refractivity contribution in [2.45, 2.75) is 5.75 Å². The average Bonchev–Trinajstić information content (AvgIpc) is 2.68. The third kappa shape index (κ3) is 5.61. The largest absolute Gasteiger partial charge is 0.377 e. The van der Waals surface area contributed by atoms with Crippen molar-refractivity contribution in [3.63, 3.8) is 0 Å². The molecule has 0 aromatic heterocycles. The number of likely N-dealkylation sites (N-methyl/N-ethyl adjacent to an activating group) is 1. The van der Waals surface area contributed by atoms with E-state index in [-0.39, 0.29) is 0 Å². The van der Waals surface area contributed by atoms with Gasteiger partial charge in [0, 0.05) is 37.6 Å². The number of thioether (sulfide) groups is 1. The first-order valence-electron chi connectivity index (χ1n) is 8.77. The minimum absolute atomic E-state index is 0.471. The van der Waals surface area contributed by atoms with Crippen LogP contribution in [0.5, 0.6) is 0 Å². The van der Waals surface area contributed by atoms with E-state index in [9.17, 15) is 0 Å². The van der Waals surface area contributed by atoms with Crippen LogP contribution < -0.4 is 10.6 Å². The average molecular weight is 368 g/mol. The van der Waals surface area contributed by atoms with Crippen molar-refractivity contribution in [1.82, 2.24) is 4.90 Å². The molecule has 2 N–H and O–H groups in total. The van der Waals surface area contributed by atoms with Crippen molar-refractivity contribution in [2.24, 2.45) is 15.9 Å². The van der Waals surface area contributed by atoms with Gasteiger partial charge in [0.05, 0.1) is 6.21 Å². The van der Waals surface area contributed by atoms with Gasteiger partial charge in [0.15, 0.2) is 5.17 Å². The van der Waals surface area contributed by atoms with E-state index in [1.807, 2.05) is 18.2 Å². The van der Waals surface area contributed by atoms with Crippen LogP contribution >= 0.6 is 11.8 Å². The van der Waals surface area contributed by atoms with Crippen molar-refractivity contribution < 1.29 is 0 Å². The molecule has 1 aliphatic heterocycles. The highest BCUT2D eigenvalue weighted by atomic mass is 32.2. The Balaban J connectivity index is 1.50. The zero-order valence-electron chi connectivity index (χ0n) is 15.1. The van der Waals surface area contributed by atoms with E-state index in [1.54, 1.807) is 6.21 Å². The highest BCUT2D eigenvalue weighted by Crippen LogP contribution is 2.16. The minimum atomic E-state index is 0.471. The number of rotatable bonds is 5. The number of hydrogen-bond donors (Lipinski definition) is 1. The Labute approximate surface area is 159 Å². The summed E-state index contributed by atoms with van der Waals surface area (Å²) in [5.74, 6) is 0.797. The summed E-state index contributed by atoms with van der Waals surface area (Å²) in [5.41, 5.74) is 9.41. The lowest BCUT2D eigenvalue weighted by atomic mass is 10.2. The first-order chi connectivity index (χ1) is 12.7. The lowest BCUT2D eigenvalue weighted by Crippen LogP contribution is -2.44. The number of hydrogen-bond acceptors (Lipinski definition) is 5. The SMILES string of the molecule is CN1CCN(c2ccc(C=NN=C(N)SCc3ccccc3)cc2)CC1. The number of anilines is 1. The maximum atomic E-state index is 5.91. The normalized spacial score (nSPS) is 16.3. The molecule has 0 amide bonds. The first kappa shape index (κ1) is 18.5. The molecule has 2 aromatic carbocycles. The number of amidine groups is 1. The van der Waals surface area contributed by atoms with E-state index in [0.29, 0.717) is 5.17 Å². The molecule has 0 radical (unpaired) electrons. The zero-order valence-corrected chi connectivity index (χ0v) is 15.9. The predicted octanol–water partition coefficient (Wildman–Crippen LogP) is 3.02. The molecule has 0 bridgehead atoms. The third-order valence-corrected chi connectivity index (χ3v) is 5.21. The molecule has 2 aromatic rings. The Morgan fingerprint density at radius 3 is 2.42 bits per heavy atom. The second-order valence-electron chi connectivity index (χ2n) is 6.34. The van der Waals surface area contributed by atoms with Crippen molar-refractivity contribution in [1.29, 1.82) is 0 Å². The highest BCUT2D eigenvalue weighted by molar-refractivity contribution is 8.13. The molecular weight excluding hydrogens is 342 g/mol. The molecule has 0 spiro atoms. The van der Waals surface area contributed by atoms with Crippen molar-refractivity contribution in [3.05, 3.63) is 65.7 Å². The fourth-order valence-corrected chi connectivity index (χ4v) is 3.36. The first-order valence-corrected chi connectivity index (χ1v) is 9.76. The lowest BCUT2D eigenvalue weighted by Gasteiger charge is -2.34. The van der Waals surface area contributed by atoms with Crippen LogP contribution in [0.4, 0.5) is 5.69 Å². The Morgan fingerprint density at radius 2 is 1.73 bits per heavy atom. The van der Waals surface area contributed by atoms with Crippen LogP contribution in [0, 0.1) is 0 Å². The molecule has 0 aliphatic carbocycles. The summed E-state index contributed by atoms with van der Waals surface area (Å²) in [6, 6.07) is 18.6. The van der Waals surface area contributed by atoms with Gasteiger partial charge in [-0.3, -0.25) is 0 Å². The molecule has 0 atom stereocenters. The van der Waals surface area contributed by atoms with E-state index in [0.717, 1.165) is 37.5 Å². The lowest BCUT2D eigenvalue weighted by molar-refractivity contribution is 0.313. The second kappa shape index (κ2) is 9.40. The molecule has 0 unspecified atom stereocenters. The van der Waals surface area contributed by atoms with Gasteiger partial charge in [-0.1, -0.05) is 54.2 Å². The smallest absolute Gasteiger partial charge is 0.180 e. The molecule has 1 aliphatic rings. The molecule has 3 rings (SSSR count). The number of piperazine rings is 1. The summed E-state index contributed by atoms with van der Waals surface area (Å²) < 4.78 is 0. The van der Waals surface area contributed by atoms with Gasteiger partial charge in [0.25, 0.3) is 0 Å². The summed E-state index contributed by atoms with van der Waals surface area (Å²) in [6.45, 7) is 4.36. The maximum Gasteiger partial charge on any atom is 0.180 e. The summed E-state index contributed by atoms with van der Waals surface area (Å²) in [6.07, 6.45) is 1.74. The quantitative estimate of drug-likeness (QED) is 0.501. The Hall–Kier alpha value is -2.31. The fraction of sp³-hybridized carbons (Fsp3) is 0.300. The summed E-state index contributed by atoms with van der Waals surface area (Å²) >= 11 is 1.49. The molecular formula is C20H25N5S. The van der Waals surface area contributed by atoms with Crippen LogP contribution in [0.2, 0.25) is 0 Å². The van der Waals surface area contributed by atoms with Crippen LogP contribution in [0.15, 0.2) is 64.8 Å². The highest BCUT2D eigenvalue weighted by Gasteiger charge is 2.13. The van der Waals surface area contributed by atoms with Gasteiger partial charge in [-0.25, -0.2) is 0 Å². The van der Waals surface area contributed by atoms with Crippen LogP contribution in [0.1, 0.15) is 11.1 Å². The Kier molecular flexibility index (Phi) is 6.68. The second-order valence-corrected chi connectivity index (χ2v) is 7.33. The van der Waals surface area contributed by atoms with Gasteiger partial charge in [-0.05, 0) is 30.3 Å². The molecule has 1 saturated heterocycles. The van der Waals surface area contributed by atoms with Crippen molar-refractivity contribution in [3.8, 4) is 0 Å². The zero-order chi connectivity index (χ0) is 18.2. The number of nitrogens with two attached hydrogens (primary N) is 1. The molecule has 0 saturated carbocycles. The van der Waals surface area contributed by atoms with Crippen LogP contribution in [-0.4, -0.2) is 49.5 Å². The molecule has 5 nitrogen and oxygen atoms in total. The third-order valence-electron chi connectivity index (χ3n) is 4.35. The van der Waals surface area contributed by atoms with E-state index in [2.05, 4.69) is 63.4 Å². The standard InChI is InChI=1S/C20H25N5S/c1-24-11-13-25(14-12-24)19-9-7-17(8-10-19)15-22-23-20(21)26-16-18-5-3-2-4-6-18/h2-10,15H,11-14,16H2,1H3,(H2,21,23). The van der Waals surface area contributed by atoms with Gasteiger partial charge in [0.1, 0.15) is 0 Å². The van der Waals surface area contributed by atoms with Crippen molar-refractivity contribution >= 4 is 28.8 Å². The van der Waals surface area contributed by atoms with Crippen LogP contribution in [0.25, 0.3) is 0 Å². The van der Waals surface area contributed by atoms with Gasteiger partial charge in [0.2, 0.25) is 0 Å². The molecule has 1 fully saturated rings. The van der Waals surface area contributed by atoms with E-state index in [1.165, 1.54) is 23.0 Å².